The number of rotatable bonds is 4. The van der Waals surface area contributed by atoms with Crippen LogP contribution in [0.2, 0.25) is 5.02 Å². The molecule has 0 N–H and O–H groups in total. The van der Waals surface area contributed by atoms with E-state index in [9.17, 15) is 0 Å². The largest absolute Gasteiger partial charge is 0.474 e. The molecule has 110 valence electrons. The third-order valence-electron chi connectivity index (χ3n) is 3.79. The summed E-state index contributed by atoms with van der Waals surface area (Å²) in [6.07, 6.45) is 2.03. The van der Waals surface area contributed by atoms with E-state index < -0.39 is 0 Å². The van der Waals surface area contributed by atoms with E-state index in [1.807, 2.05) is 42.6 Å². The summed E-state index contributed by atoms with van der Waals surface area (Å²) in [5.41, 5.74) is 2.11. The molecular formula is C17H19ClN2O. The fourth-order valence-electron chi connectivity index (χ4n) is 2.43. The zero-order valence-corrected chi connectivity index (χ0v) is 13.0. The number of aromatic nitrogens is 1. The van der Waals surface area contributed by atoms with Crippen molar-refractivity contribution < 1.29 is 4.74 Å². The van der Waals surface area contributed by atoms with Gasteiger partial charge in [-0.1, -0.05) is 43.6 Å². The summed E-state index contributed by atoms with van der Waals surface area (Å²) in [6.45, 7) is 5.73. The summed E-state index contributed by atoms with van der Waals surface area (Å²) in [4.78, 5) is 4.70. The van der Waals surface area contributed by atoms with Gasteiger partial charge in [0.05, 0.1) is 6.04 Å². The zero-order chi connectivity index (χ0) is 14.8. The van der Waals surface area contributed by atoms with E-state index in [1.54, 1.807) is 0 Å². The predicted molar refractivity (Wildman–Crippen MR) is 86.1 cm³/mol. The van der Waals surface area contributed by atoms with E-state index in [0.29, 0.717) is 12.5 Å². The molecular weight excluding hydrogens is 284 g/mol. The van der Waals surface area contributed by atoms with E-state index in [0.717, 1.165) is 28.7 Å². The summed E-state index contributed by atoms with van der Waals surface area (Å²) in [5.74, 6) is 1.24. The lowest BCUT2D eigenvalue weighted by Crippen LogP contribution is -2.13. The van der Waals surface area contributed by atoms with Crippen molar-refractivity contribution in [3.05, 3.63) is 58.9 Å². The van der Waals surface area contributed by atoms with Gasteiger partial charge < -0.3 is 9.30 Å². The van der Waals surface area contributed by atoms with Gasteiger partial charge in [-0.15, -0.1) is 0 Å². The third kappa shape index (κ3) is 2.98. The minimum Gasteiger partial charge on any atom is -0.474 e. The van der Waals surface area contributed by atoms with E-state index in [2.05, 4.69) is 18.4 Å². The molecule has 2 heterocycles. The Morgan fingerprint density at radius 2 is 2.10 bits per heavy atom. The van der Waals surface area contributed by atoms with Gasteiger partial charge in [0.2, 0.25) is 5.90 Å². The minimum absolute atomic E-state index is 0.253. The molecule has 1 aromatic carbocycles. The van der Waals surface area contributed by atoms with Crippen molar-refractivity contribution in [1.82, 2.24) is 4.57 Å². The molecule has 0 fully saturated rings. The van der Waals surface area contributed by atoms with E-state index in [-0.39, 0.29) is 6.04 Å². The second kappa shape index (κ2) is 5.94. The molecule has 0 saturated heterocycles. The average Bonchev–Trinajstić information content (AvgIpc) is 3.09. The van der Waals surface area contributed by atoms with Crippen molar-refractivity contribution in [3.8, 4) is 0 Å². The third-order valence-corrected chi connectivity index (χ3v) is 4.16. The summed E-state index contributed by atoms with van der Waals surface area (Å²) in [5, 5.41) is 0.784. The zero-order valence-electron chi connectivity index (χ0n) is 12.3. The summed E-state index contributed by atoms with van der Waals surface area (Å²) in [6, 6.07) is 12.2. The summed E-state index contributed by atoms with van der Waals surface area (Å²) in [7, 11) is 0. The first-order chi connectivity index (χ1) is 10.1. The molecule has 4 heteroatoms. The molecule has 3 rings (SSSR count). The van der Waals surface area contributed by atoms with Crippen molar-refractivity contribution in [2.45, 2.75) is 26.4 Å². The Kier molecular flexibility index (Phi) is 4.02. The van der Waals surface area contributed by atoms with Crippen LogP contribution in [0, 0.1) is 5.92 Å². The van der Waals surface area contributed by atoms with Crippen LogP contribution >= 0.6 is 11.6 Å². The van der Waals surface area contributed by atoms with Crippen LogP contribution in [0.15, 0.2) is 47.6 Å². The first-order valence-corrected chi connectivity index (χ1v) is 7.62. The van der Waals surface area contributed by atoms with Crippen LogP contribution in [0.3, 0.4) is 0 Å². The molecule has 0 amide bonds. The highest BCUT2D eigenvalue weighted by atomic mass is 35.5. The number of halogens is 1. The molecule has 21 heavy (non-hydrogen) atoms. The Morgan fingerprint density at radius 1 is 1.29 bits per heavy atom. The average molecular weight is 303 g/mol. The molecule has 1 atom stereocenters. The van der Waals surface area contributed by atoms with Crippen molar-refractivity contribution >= 4 is 17.5 Å². The second-order valence-corrected chi connectivity index (χ2v) is 6.08. The van der Waals surface area contributed by atoms with Gasteiger partial charge in [0.25, 0.3) is 0 Å². The Balaban J connectivity index is 1.85. The maximum absolute atomic E-state index is 6.24. The summed E-state index contributed by atoms with van der Waals surface area (Å²) < 4.78 is 7.90. The molecule has 0 unspecified atom stereocenters. The van der Waals surface area contributed by atoms with Crippen LogP contribution in [0.1, 0.15) is 25.1 Å². The monoisotopic (exact) mass is 302 g/mol. The molecule has 1 aliphatic rings. The maximum Gasteiger partial charge on any atom is 0.233 e. The van der Waals surface area contributed by atoms with Crippen LogP contribution in [-0.4, -0.2) is 23.1 Å². The maximum atomic E-state index is 6.24. The smallest absolute Gasteiger partial charge is 0.233 e. The lowest BCUT2D eigenvalue weighted by Gasteiger charge is -2.10. The number of hydrogen-bond donors (Lipinski definition) is 0. The second-order valence-electron chi connectivity index (χ2n) is 5.67. The normalized spacial score (nSPS) is 17.9. The molecule has 0 spiro atoms. The first kappa shape index (κ1) is 14.2. The van der Waals surface area contributed by atoms with Gasteiger partial charge >= 0.3 is 0 Å². The van der Waals surface area contributed by atoms with E-state index >= 15 is 0 Å². The Hall–Kier alpha value is -1.74. The molecule has 3 nitrogen and oxygen atoms in total. The standard InChI is InChI=1S/C17H19ClN2O/c1-12(2)15-11-21-17(19-15)16-8-5-9-20(16)10-13-6-3-4-7-14(13)18/h3-9,12,15H,10-11H2,1-2H3/t15-/m0/s1. The predicted octanol–water partition coefficient (Wildman–Crippen LogP) is 3.99. The van der Waals surface area contributed by atoms with Crippen molar-refractivity contribution in [3.63, 3.8) is 0 Å². The number of nitrogens with zero attached hydrogens (tertiary/aromatic N) is 2. The van der Waals surface area contributed by atoms with Crippen LogP contribution < -0.4 is 0 Å². The first-order valence-electron chi connectivity index (χ1n) is 7.24. The molecule has 1 aliphatic heterocycles. The van der Waals surface area contributed by atoms with Gasteiger partial charge in [0.1, 0.15) is 12.3 Å². The molecule has 0 bridgehead atoms. The quantitative estimate of drug-likeness (QED) is 0.838. The van der Waals surface area contributed by atoms with Gasteiger partial charge in [-0.2, -0.15) is 0 Å². The number of aliphatic imine (C=N–C) groups is 1. The lowest BCUT2D eigenvalue weighted by atomic mass is 10.1. The molecule has 0 radical (unpaired) electrons. The molecule has 2 aromatic rings. The highest BCUT2D eigenvalue weighted by Crippen LogP contribution is 2.21. The number of benzene rings is 1. The molecule has 0 saturated carbocycles. The fourth-order valence-corrected chi connectivity index (χ4v) is 2.62. The minimum atomic E-state index is 0.253. The fraction of sp³-hybridized carbons (Fsp3) is 0.353. The molecule has 0 aliphatic carbocycles. The number of hydrogen-bond acceptors (Lipinski definition) is 2. The topological polar surface area (TPSA) is 26.5 Å². The van der Waals surface area contributed by atoms with Crippen molar-refractivity contribution in [1.29, 1.82) is 0 Å². The van der Waals surface area contributed by atoms with Crippen LogP contribution in [0.5, 0.6) is 0 Å². The van der Waals surface area contributed by atoms with Crippen LogP contribution in [0.4, 0.5) is 0 Å². The van der Waals surface area contributed by atoms with E-state index in [1.165, 1.54) is 0 Å². The Morgan fingerprint density at radius 3 is 2.81 bits per heavy atom. The van der Waals surface area contributed by atoms with Gasteiger partial charge in [0.15, 0.2) is 0 Å². The van der Waals surface area contributed by atoms with Crippen molar-refractivity contribution in [2.75, 3.05) is 6.61 Å². The highest BCUT2D eigenvalue weighted by molar-refractivity contribution is 6.31. The number of ether oxygens (including phenoxy) is 1. The van der Waals surface area contributed by atoms with E-state index in [4.69, 9.17) is 21.3 Å². The van der Waals surface area contributed by atoms with Gasteiger partial charge in [0, 0.05) is 17.8 Å². The lowest BCUT2D eigenvalue weighted by molar-refractivity contribution is 0.290. The Labute approximate surface area is 130 Å². The van der Waals surface area contributed by atoms with Crippen molar-refractivity contribution in [2.24, 2.45) is 10.9 Å². The molecule has 1 aromatic heterocycles. The summed E-state index contributed by atoms with van der Waals surface area (Å²) >= 11 is 6.24. The van der Waals surface area contributed by atoms with Gasteiger partial charge in [-0.25, -0.2) is 4.99 Å². The van der Waals surface area contributed by atoms with Crippen LogP contribution in [-0.2, 0) is 11.3 Å². The van der Waals surface area contributed by atoms with Crippen LogP contribution in [0.25, 0.3) is 0 Å². The highest BCUT2D eigenvalue weighted by Gasteiger charge is 2.24. The van der Waals surface area contributed by atoms with Gasteiger partial charge in [-0.3, -0.25) is 0 Å². The Bertz CT molecular complexity index is 660. The SMILES string of the molecule is CC(C)[C@@H]1COC(c2cccn2Cc2ccccc2Cl)=N1. The van der Waals surface area contributed by atoms with Gasteiger partial charge in [-0.05, 0) is 29.7 Å².